The van der Waals surface area contributed by atoms with Crippen molar-refractivity contribution < 1.29 is 38.2 Å². The number of guanidine groups is 2. The van der Waals surface area contributed by atoms with Gasteiger partial charge in [-0.1, -0.05) is 0 Å². The first-order valence-electron chi connectivity index (χ1n) is 23.0. The minimum atomic E-state index is -1.00. The lowest BCUT2D eigenvalue weighted by Gasteiger charge is -2.21. The standard InChI is InChI=1S/C46H70N16O8S2/c1-24(2)69-43(66)28-20-33(59-39(52)31(50)7-5-12-57-45(53)54)37(71-15-10-48)34(21-28)60-40(63)26-17-27(19-30(18-26)68-14-9-47)41(64)61-35-22-29(44(67)70-25(3)4)23-36(38(35)72-16-11-49)62-42(65)32(51)8-6-13-58-46(55)56/h17-25,31-32H,5-16,47-51H2,1-4H3,(H2,52,59)(H,60,63)(H,61,64)(H,62,65)(H4,53,54,57)(H4,55,56,58)/t31-,32-/m1/s1. The largest absolute Gasteiger partial charge is 0.492 e. The highest BCUT2D eigenvalue weighted by Crippen LogP contribution is 2.39. The smallest absolute Gasteiger partial charge is 0.338 e. The molecular weight excluding hydrogens is 969 g/mol. The minimum absolute atomic E-state index is 0.0125. The van der Waals surface area contributed by atoms with Gasteiger partial charge in [0.25, 0.3) is 11.8 Å². The highest BCUT2D eigenvalue weighted by Gasteiger charge is 2.25. The van der Waals surface area contributed by atoms with Crippen LogP contribution in [0.15, 0.2) is 52.3 Å². The van der Waals surface area contributed by atoms with E-state index >= 15 is 0 Å². The van der Waals surface area contributed by atoms with Gasteiger partial charge in [-0.15, -0.1) is 23.5 Å². The van der Waals surface area contributed by atoms with Crippen LogP contribution in [0.5, 0.6) is 5.75 Å². The predicted octanol–water partition coefficient (Wildman–Crippen LogP) is 2.27. The van der Waals surface area contributed by atoms with Crippen molar-refractivity contribution in [3.8, 4) is 5.75 Å². The van der Waals surface area contributed by atoms with Crippen molar-refractivity contribution >= 4 is 93.7 Å². The van der Waals surface area contributed by atoms with Crippen LogP contribution in [0.3, 0.4) is 0 Å². The Balaban J connectivity index is 2.15. The molecular formula is C46H70N16O8S2. The summed E-state index contributed by atoms with van der Waals surface area (Å²) in [7, 11) is 0. The maximum atomic E-state index is 14.5. The molecule has 0 saturated heterocycles. The van der Waals surface area contributed by atoms with Gasteiger partial charge >= 0.3 is 11.9 Å². The highest BCUT2D eigenvalue weighted by atomic mass is 32.2. The Hall–Kier alpha value is -6.68. The molecule has 0 heterocycles. The molecule has 3 amide bonds. The van der Waals surface area contributed by atoms with E-state index < -0.39 is 54.0 Å². The molecule has 72 heavy (non-hydrogen) atoms. The average molecular weight is 1040 g/mol. The van der Waals surface area contributed by atoms with E-state index in [1.807, 2.05) is 0 Å². The van der Waals surface area contributed by atoms with E-state index in [0.29, 0.717) is 53.6 Å². The lowest BCUT2D eigenvalue weighted by Crippen LogP contribution is -2.37. The zero-order valence-electron chi connectivity index (χ0n) is 41.0. The number of hydrogen-bond acceptors (Lipinski definition) is 18. The lowest BCUT2D eigenvalue weighted by molar-refractivity contribution is -0.117. The Morgan fingerprint density at radius 3 is 1.39 bits per heavy atom. The predicted molar refractivity (Wildman–Crippen MR) is 285 cm³/mol. The van der Waals surface area contributed by atoms with Crippen molar-refractivity contribution in [3.05, 3.63) is 64.7 Å². The maximum Gasteiger partial charge on any atom is 0.338 e. The first-order chi connectivity index (χ1) is 34.2. The molecule has 0 spiro atoms. The van der Waals surface area contributed by atoms with Crippen LogP contribution >= 0.6 is 23.5 Å². The lowest BCUT2D eigenvalue weighted by atomic mass is 10.1. The number of carbonyl (C=O) groups is 5. The number of thioether (sulfide) groups is 2. The van der Waals surface area contributed by atoms with Crippen molar-refractivity contribution in [2.75, 3.05) is 72.1 Å². The zero-order valence-corrected chi connectivity index (χ0v) is 42.6. The first kappa shape index (κ1) is 59.6. The molecule has 26 heteroatoms. The van der Waals surface area contributed by atoms with Crippen molar-refractivity contribution in [1.82, 2.24) is 10.6 Å². The van der Waals surface area contributed by atoms with Crippen LogP contribution in [0.2, 0.25) is 0 Å². The van der Waals surface area contributed by atoms with Gasteiger partial charge < -0.3 is 86.2 Å². The number of benzene rings is 3. The molecule has 394 valence electrons. The van der Waals surface area contributed by atoms with Crippen LogP contribution in [0.4, 0.5) is 22.7 Å². The van der Waals surface area contributed by atoms with Gasteiger partial charge in [-0.25, -0.2) is 9.59 Å². The van der Waals surface area contributed by atoms with Crippen LogP contribution in [0.1, 0.15) is 94.8 Å². The van der Waals surface area contributed by atoms with Crippen LogP contribution in [-0.2, 0) is 14.3 Å². The van der Waals surface area contributed by atoms with Crippen molar-refractivity contribution in [1.29, 1.82) is 16.2 Å². The number of carbonyl (C=O) groups excluding carboxylic acids is 5. The molecule has 23 N–H and O–H groups in total. The van der Waals surface area contributed by atoms with Gasteiger partial charge in [-0.2, -0.15) is 0 Å². The molecule has 0 fully saturated rings. The van der Waals surface area contributed by atoms with E-state index in [-0.39, 0.29) is 101 Å². The summed E-state index contributed by atoms with van der Waals surface area (Å²) in [5.74, 6) is -3.28. The summed E-state index contributed by atoms with van der Waals surface area (Å²) in [5.41, 5.74) is 41.5. The third-order valence-corrected chi connectivity index (χ3v) is 12.0. The summed E-state index contributed by atoms with van der Waals surface area (Å²) >= 11 is 2.43. The van der Waals surface area contributed by atoms with Crippen LogP contribution < -0.4 is 76.8 Å². The second-order valence-electron chi connectivity index (χ2n) is 16.5. The Bertz CT molecular complexity index is 2250. The summed E-state index contributed by atoms with van der Waals surface area (Å²) < 4.78 is 16.8. The molecule has 3 rings (SSSR count). The number of amidine groups is 1. The number of esters is 2. The maximum absolute atomic E-state index is 14.5. The van der Waals surface area contributed by atoms with Gasteiger partial charge in [0.15, 0.2) is 11.9 Å². The third kappa shape index (κ3) is 19.8. The van der Waals surface area contributed by atoms with Gasteiger partial charge in [0, 0.05) is 55.4 Å². The van der Waals surface area contributed by atoms with Crippen LogP contribution in [0, 0.1) is 16.2 Å². The van der Waals surface area contributed by atoms with Gasteiger partial charge in [0.05, 0.1) is 68.0 Å². The number of anilines is 4. The fraction of sp³-hybridized carbons (Fsp3) is 0.435. The Morgan fingerprint density at radius 2 is 0.986 bits per heavy atom. The molecule has 0 aromatic heterocycles. The number of ether oxygens (including phenoxy) is 3. The summed E-state index contributed by atoms with van der Waals surface area (Å²) in [6.07, 6.45) is 0.448. The molecule has 0 aliphatic carbocycles. The minimum Gasteiger partial charge on any atom is -0.492 e. The van der Waals surface area contributed by atoms with Crippen LogP contribution in [-0.4, -0.2) is 123 Å². The number of hydrogen-bond donors (Lipinski definition) is 16. The first-order valence-corrected chi connectivity index (χ1v) is 25.0. The average Bonchev–Trinajstić information content (AvgIpc) is 3.31. The van der Waals surface area contributed by atoms with E-state index in [1.165, 1.54) is 66.0 Å². The van der Waals surface area contributed by atoms with Crippen molar-refractivity contribution in [3.63, 3.8) is 0 Å². The van der Waals surface area contributed by atoms with E-state index in [2.05, 4.69) is 31.9 Å². The fourth-order valence-corrected chi connectivity index (χ4v) is 8.11. The normalized spacial score (nSPS) is 11.8. The Morgan fingerprint density at radius 1 is 0.569 bits per heavy atom. The molecule has 0 aliphatic rings. The molecule has 0 saturated carbocycles. The van der Waals surface area contributed by atoms with Gasteiger partial charge in [0.2, 0.25) is 5.91 Å². The summed E-state index contributed by atoms with van der Waals surface area (Å²) in [6.45, 7) is 7.90. The SMILES string of the molecule is CC(C)OC(=O)c1cc(NC(=N)[C@H](N)CCCNC(=N)N)c(SCCN)c(NC(=O)c2cc(OCCN)cc(C(=O)Nc3cc(C(=O)OC(C)C)cc(NC(=O)[C@H](N)CCCNC(=N)N)c3SCCN)c2)c1. The molecule has 0 aliphatic heterocycles. The second-order valence-corrected chi connectivity index (χ2v) is 18.7. The van der Waals surface area contributed by atoms with Crippen molar-refractivity contribution in [2.24, 2.45) is 40.1 Å². The Kier molecular flexibility index (Phi) is 25.1. The molecule has 24 nitrogen and oxygen atoms in total. The number of nitrogens with two attached hydrogens (primary N) is 7. The topological polar surface area (TPSA) is 439 Å². The number of amides is 3. The number of rotatable bonds is 29. The van der Waals surface area contributed by atoms with Crippen LogP contribution in [0.25, 0.3) is 0 Å². The van der Waals surface area contributed by atoms with E-state index in [0.717, 1.165) is 0 Å². The van der Waals surface area contributed by atoms with Gasteiger partial charge in [-0.3, -0.25) is 30.6 Å². The fourth-order valence-electron chi connectivity index (χ4n) is 6.40. The molecule has 0 radical (unpaired) electrons. The molecule has 0 unspecified atom stereocenters. The molecule has 3 aromatic carbocycles. The monoisotopic (exact) mass is 1040 g/mol. The van der Waals surface area contributed by atoms with Crippen molar-refractivity contribution in [2.45, 2.75) is 87.5 Å². The molecule has 2 atom stereocenters. The summed E-state index contributed by atoms with van der Waals surface area (Å²) in [4.78, 5) is 70.0. The summed E-state index contributed by atoms with van der Waals surface area (Å²) in [5, 5.41) is 40.4. The Labute approximate surface area is 427 Å². The highest BCUT2D eigenvalue weighted by molar-refractivity contribution is 7.99. The molecule has 3 aromatic rings. The summed E-state index contributed by atoms with van der Waals surface area (Å²) in [6, 6.07) is 8.04. The van der Waals surface area contributed by atoms with E-state index in [9.17, 15) is 24.0 Å². The van der Waals surface area contributed by atoms with E-state index in [1.54, 1.807) is 27.7 Å². The quantitative estimate of drug-likeness (QED) is 0.0156. The zero-order chi connectivity index (χ0) is 53.5. The van der Waals surface area contributed by atoms with Gasteiger partial charge in [-0.05, 0) is 95.8 Å². The van der Waals surface area contributed by atoms with Gasteiger partial charge in [0.1, 0.15) is 18.2 Å². The molecule has 0 bridgehead atoms. The van der Waals surface area contributed by atoms with E-state index in [4.69, 9.17) is 70.6 Å². The third-order valence-electron chi connectivity index (χ3n) is 9.63. The second kappa shape index (κ2) is 30.3. The number of nitrogens with one attached hydrogen (secondary N) is 9.